The number of benzene rings is 2. The molecule has 0 saturated heterocycles. The Balaban J connectivity index is 2.20. The summed E-state index contributed by atoms with van der Waals surface area (Å²) in [6.07, 6.45) is 1.14. The second kappa shape index (κ2) is 3.92. The Bertz CT molecular complexity index is 661. The summed E-state index contributed by atoms with van der Waals surface area (Å²) < 4.78 is 0. The van der Waals surface area contributed by atoms with Gasteiger partial charge in [0.1, 0.15) is 0 Å². The predicted octanol–water partition coefficient (Wildman–Crippen LogP) is 4.52. The molecule has 1 heteroatoms. The molecule has 0 radical (unpaired) electrons. The molecule has 0 aliphatic rings. The van der Waals surface area contributed by atoms with Crippen molar-refractivity contribution in [1.29, 1.82) is 0 Å². The van der Waals surface area contributed by atoms with Crippen molar-refractivity contribution in [3.63, 3.8) is 0 Å². The molecule has 3 aromatic rings. The minimum absolute atomic E-state index is 0.705. The van der Waals surface area contributed by atoms with Crippen LogP contribution < -0.4 is 0 Å². The number of aromatic nitrogens is 1. The van der Waals surface area contributed by atoms with Gasteiger partial charge in [-0.25, -0.2) is 0 Å². The molecule has 0 fully saturated rings. The standard InChI is InChI=1S/C16H17N/c1-11(2)9-12-7-8-14-13-5-3-4-6-15(13)17-16(14)10-12/h3-8,10-11,17H,9H2,1-2H3. The molecule has 0 aliphatic carbocycles. The topological polar surface area (TPSA) is 15.8 Å². The van der Waals surface area contributed by atoms with Crippen molar-refractivity contribution in [2.75, 3.05) is 0 Å². The largest absolute Gasteiger partial charge is 0.355 e. The number of hydrogen-bond acceptors (Lipinski definition) is 0. The highest BCUT2D eigenvalue weighted by molar-refractivity contribution is 6.07. The second-order valence-electron chi connectivity index (χ2n) is 5.15. The minimum atomic E-state index is 0.705. The molecule has 0 amide bonds. The molecule has 1 aromatic heterocycles. The van der Waals surface area contributed by atoms with Crippen molar-refractivity contribution < 1.29 is 0 Å². The Kier molecular flexibility index (Phi) is 2.40. The van der Waals surface area contributed by atoms with Gasteiger partial charge in [0.15, 0.2) is 0 Å². The summed E-state index contributed by atoms with van der Waals surface area (Å²) in [5.41, 5.74) is 3.90. The van der Waals surface area contributed by atoms with E-state index in [1.807, 2.05) is 0 Å². The van der Waals surface area contributed by atoms with Gasteiger partial charge in [-0.1, -0.05) is 44.2 Å². The fourth-order valence-electron chi connectivity index (χ4n) is 2.50. The molecule has 1 nitrogen and oxygen atoms in total. The molecule has 86 valence electrons. The van der Waals surface area contributed by atoms with Crippen LogP contribution in [0.3, 0.4) is 0 Å². The Hall–Kier alpha value is -1.76. The SMILES string of the molecule is CC(C)Cc1ccc2c(c1)[nH]c1ccccc12. The Morgan fingerprint density at radius 2 is 1.71 bits per heavy atom. The highest BCUT2D eigenvalue weighted by Crippen LogP contribution is 2.26. The Morgan fingerprint density at radius 1 is 0.941 bits per heavy atom. The zero-order valence-corrected chi connectivity index (χ0v) is 10.3. The van der Waals surface area contributed by atoms with E-state index in [4.69, 9.17) is 0 Å². The van der Waals surface area contributed by atoms with Crippen LogP contribution in [-0.4, -0.2) is 4.98 Å². The normalized spacial score (nSPS) is 11.7. The van der Waals surface area contributed by atoms with Crippen LogP contribution in [0.15, 0.2) is 42.5 Å². The molecule has 1 heterocycles. The number of hydrogen-bond donors (Lipinski definition) is 1. The predicted molar refractivity (Wildman–Crippen MR) is 74.3 cm³/mol. The molecule has 0 unspecified atom stereocenters. The third-order valence-electron chi connectivity index (χ3n) is 3.21. The molecule has 3 rings (SSSR count). The molecule has 0 aliphatic heterocycles. The van der Waals surface area contributed by atoms with E-state index in [-0.39, 0.29) is 0 Å². The van der Waals surface area contributed by atoms with Gasteiger partial charge < -0.3 is 4.98 Å². The quantitative estimate of drug-likeness (QED) is 0.657. The summed E-state index contributed by atoms with van der Waals surface area (Å²) in [7, 11) is 0. The highest BCUT2D eigenvalue weighted by Gasteiger charge is 2.05. The molecule has 17 heavy (non-hydrogen) atoms. The van der Waals surface area contributed by atoms with Crippen LogP contribution in [0.4, 0.5) is 0 Å². The van der Waals surface area contributed by atoms with E-state index in [0.29, 0.717) is 5.92 Å². The lowest BCUT2D eigenvalue weighted by Crippen LogP contribution is -1.93. The lowest BCUT2D eigenvalue weighted by atomic mass is 10.0. The summed E-state index contributed by atoms with van der Waals surface area (Å²) in [5.74, 6) is 0.705. The number of H-pyrrole nitrogens is 1. The van der Waals surface area contributed by atoms with Crippen molar-refractivity contribution in [2.45, 2.75) is 20.3 Å². The van der Waals surface area contributed by atoms with Gasteiger partial charge >= 0.3 is 0 Å². The molecular formula is C16H17N. The smallest absolute Gasteiger partial charge is 0.0467 e. The number of rotatable bonds is 2. The third kappa shape index (κ3) is 1.82. The maximum atomic E-state index is 3.49. The lowest BCUT2D eigenvalue weighted by Gasteiger charge is -2.04. The Morgan fingerprint density at radius 3 is 2.53 bits per heavy atom. The van der Waals surface area contributed by atoms with Crippen LogP contribution in [0.2, 0.25) is 0 Å². The fraction of sp³-hybridized carbons (Fsp3) is 0.250. The van der Waals surface area contributed by atoms with Crippen LogP contribution in [0.25, 0.3) is 21.8 Å². The van der Waals surface area contributed by atoms with Crippen LogP contribution in [0, 0.1) is 5.92 Å². The molecule has 2 aromatic carbocycles. The molecule has 0 spiro atoms. The van der Waals surface area contributed by atoms with E-state index in [9.17, 15) is 0 Å². The summed E-state index contributed by atoms with van der Waals surface area (Å²) in [6, 6.07) is 15.3. The van der Waals surface area contributed by atoms with Crippen LogP contribution in [0.5, 0.6) is 0 Å². The van der Waals surface area contributed by atoms with Gasteiger partial charge in [-0.05, 0) is 30.0 Å². The van der Waals surface area contributed by atoms with Crippen molar-refractivity contribution >= 4 is 21.8 Å². The van der Waals surface area contributed by atoms with Gasteiger partial charge in [0.05, 0.1) is 0 Å². The number of para-hydroxylation sites is 1. The molecule has 1 N–H and O–H groups in total. The monoisotopic (exact) mass is 223 g/mol. The average molecular weight is 223 g/mol. The maximum Gasteiger partial charge on any atom is 0.0467 e. The number of nitrogens with one attached hydrogen (secondary N) is 1. The Labute approximate surface area is 101 Å². The van der Waals surface area contributed by atoms with E-state index in [2.05, 4.69) is 61.3 Å². The van der Waals surface area contributed by atoms with Gasteiger partial charge in [-0.2, -0.15) is 0 Å². The number of fused-ring (bicyclic) bond motifs is 3. The third-order valence-corrected chi connectivity index (χ3v) is 3.21. The number of aromatic amines is 1. The summed E-state index contributed by atoms with van der Waals surface area (Å²) >= 11 is 0. The van der Waals surface area contributed by atoms with Gasteiger partial charge in [-0.3, -0.25) is 0 Å². The second-order valence-corrected chi connectivity index (χ2v) is 5.15. The summed E-state index contributed by atoms with van der Waals surface area (Å²) in [5, 5.41) is 2.65. The van der Waals surface area contributed by atoms with Crippen molar-refractivity contribution in [2.24, 2.45) is 5.92 Å². The first-order chi connectivity index (χ1) is 8.24. The van der Waals surface area contributed by atoms with Gasteiger partial charge in [-0.15, -0.1) is 0 Å². The van der Waals surface area contributed by atoms with Gasteiger partial charge in [0.2, 0.25) is 0 Å². The summed E-state index contributed by atoms with van der Waals surface area (Å²) in [6.45, 7) is 4.52. The van der Waals surface area contributed by atoms with Crippen LogP contribution in [0.1, 0.15) is 19.4 Å². The zero-order valence-electron chi connectivity index (χ0n) is 10.3. The van der Waals surface area contributed by atoms with Crippen molar-refractivity contribution in [3.05, 3.63) is 48.0 Å². The molecule has 0 bridgehead atoms. The van der Waals surface area contributed by atoms with Crippen LogP contribution in [-0.2, 0) is 6.42 Å². The maximum absolute atomic E-state index is 3.49. The highest BCUT2D eigenvalue weighted by atomic mass is 14.7. The zero-order chi connectivity index (χ0) is 11.8. The first kappa shape index (κ1) is 10.4. The summed E-state index contributed by atoms with van der Waals surface area (Å²) in [4.78, 5) is 3.49. The molecular weight excluding hydrogens is 206 g/mol. The lowest BCUT2D eigenvalue weighted by molar-refractivity contribution is 0.648. The van der Waals surface area contributed by atoms with Crippen molar-refractivity contribution in [3.8, 4) is 0 Å². The van der Waals surface area contributed by atoms with E-state index in [1.165, 1.54) is 27.4 Å². The van der Waals surface area contributed by atoms with Gasteiger partial charge in [0.25, 0.3) is 0 Å². The minimum Gasteiger partial charge on any atom is -0.355 e. The van der Waals surface area contributed by atoms with Crippen LogP contribution >= 0.6 is 0 Å². The molecule has 0 atom stereocenters. The fourth-order valence-corrected chi connectivity index (χ4v) is 2.50. The van der Waals surface area contributed by atoms with Gasteiger partial charge in [0, 0.05) is 21.8 Å². The van der Waals surface area contributed by atoms with E-state index < -0.39 is 0 Å². The van der Waals surface area contributed by atoms with E-state index in [0.717, 1.165) is 6.42 Å². The van der Waals surface area contributed by atoms with E-state index >= 15 is 0 Å². The van der Waals surface area contributed by atoms with E-state index in [1.54, 1.807) is 0 Å². The first-order valence-electron chi connectivity index (χ1n) is 6.23. The first-order valence-corrected chi connectivity index (χ1v) is 6.23. The molecule has 0 saturated carbocycles. The van der Waals surface area contributed by atoms with Crippen molar-refractivity contribution in [1.82, 2.24) is 4.98 Å². The average Bonchev–Trinajstić information content (AvgIpc) is 2.65.